The Morgan fingerprint density at radius 3 is 2.60 bits per heavy atom. The molecule has 3 aromatic rings. The van der Waals surface area contributed by atoms with Crippen molar-refractivity contribution in [3.63, 3.8) is 0 Å². The smallest absolute Gasteiger partial charge is 0.237 e. The number of aryl methyl sites for hydroxylation is 1. The Bertz CT molecular complexity index is 1050. The number of hydrogen-bond acceptors (Lipinski definition) is 8. The molecule has 3 rings (SSSR count). The molecular weight excluding hydrogens is 408 g/mol. The Morgan fingerprint density at radius 2 is 1.93 bits per heavy atom. The molecule has 0 aliphatic heterocycles. The molecule has 0 amide bonds. The lowest BCUT2D eigenvalue weighted by Gasteiger charge is -2.35. The van der Waals surface area contributed by atoms with Gasteiger partial charge < -0.3 is 20.3 Å². The number of ether oxygens (including phenoxy) is 1. The Balaban J connectivity index is 1.85. The summed E-state index contributed by atoms with van der Waals surface area (Å²) in [6.45, 7) is 6.72. The maximum atomic E-state index is 10.5. The summed E-state index contributed by atoms with van der Waals surface area (Å²) in [6.07, 6.45) is 3.19. The standard InChI is InChI=1S/C20H25ClN6O3/c1-12-6-13(16-10-27(26-25-16)11-20(4,29)19(2,3)28)8-14(7-12)23-18-22-9-15(21)17(24-18)30-5/h6-10,28-29H,11H2,1-5H3,(H,22,23,24)/t20-/m1/s1. The van der Waals surface area contributed by atoms with Crippen LogP contribution in [0.1, 0.15) is 26.3 Å². The van der Waals surface area contributed by atoms with Gasteiger partial charge in [0.1, 0.15) is 16.3 Å². The fourth-order valence-corrected chi connectivity index (χ4v) is 2.87. The predicted molar refractivity (Wildman–Crippen MR) is 114 cm³/mol. The number of anilines is 2. The van der Waals surface area contributed by atoms with E-state index in [9.17, 15) is 10.2 Å². The number of aliphatic hydroxyl groups is 2. The van der Waals surface area contributed by atoms with Crippen molar-refractivity contribution in [3.8, 4) is 17.1 Å². The van der Waals surface area contributed by atoms with Crippen molar-refractivity contribution >= 4 is 23.2 Å². The van der Waals surface area contributed by atoms with Crippen LogP contribution in [0.4, 0.5) is 11.6 Å². The van der Waals surface area contributed by atoms with Crippen molar-refractivity contribution in [1.82, 2.24) is 25.0 Å². The Kier molecular flexibility index (Phi) is 5.98. The molecule has 9 nitrogen and oxygen atoms in total. The van der Waals surface area contributed by atoms with Gasteiger partial charge in [-0.2, -0.15) is 4.98 Å². The summed E-state index contributed by atoms with van der Waals surface area (Å²) >= 11 is 5.98. The van der Waals surface area contributed by atoms with E-state index in [1.807, 2.05) is 25.1 Å². The molecule has 0 aliphatic rings. The van der Waals surface area contributed by atoms with Crippen LogP contribution in [0.2, 0.25) is 5.02 Å². The highest BCUT2D eigenvalue weighted by Gasteiger charge is 2.38. The van der Waals surface area contributed by atoms with Gasteiger partial charge in [0.05, 0.1) is 31.6 Å². The third-order valence-electron chi connectivity index (χ3n) is 4.86. The van der Waals surface area contributed by atoms with E-state index in [1.54, 1.807) is 27.0 Å². The zero-order valence-corrected chi connectivity index (χ0v) is 18.3. The Hall–Kier alpha value is -2.75. The highest BCUT2D eigenvalue weighted by atomic mass is 35.5. The molecule has 0 unspecified atom stereocenters. The summed E-state index contributed by atoms with van der Waals surface area (Å²) in [5.41, 5.74) is 0.540. The van der Waals surface area contributed by atoms with E-state index in [1.165, 1.54) is 18.0 Å². The summed E-state index contributed by atoms with van der Waals surface area (Å²) in [5, 5.41) is 32.4. The molecule has 0 saturated carbocycles. The van der Waals surface area contributed by atoms with E-state index in [-0.39, 0.29) is 12.4 Å². The molecule has 0 fully saturated rings. The third-order valence-corrected chi connectivity index (χ3v) is 5.12. The molecule has 3 N–H and O–H groups in total. The van der Waals surface area contributed by atoms with Crippen molar-refractivity contribution in [2.24, 2.45) is 0 Å². The van der Waals surface area contributed by atoms with Crippen LogP contribution >= 0.6 is 11.6 Å². The second-order valence-electron chi connectivity index (χ2n) is 7.90. The fraction of sp³-hybridized carbons (Fsp3) is 0.400. The topological polar surface area (TPSA) is 118 Å². The highest BCUT2D eigenvalue weighted by molar-refractivity contribution is 6.31. The van der Waals surface area contributed by atoms with E-state index in [2.05, 4.69) is 25.6 Å². The van der Waals surface area contributed by atoms with E-state index >= 15 is 0 Å². The molecule has 10 heteroatoms. The highest BCUT2D eigenvalue weighted by Crippen LogP contribution is 2.28. The van der Waals surface area contributed by atoms with Crippen molar-refractivity contribution in [2.45, 2.75) is 45.4 Å². The second kappa shape index (κ2) is 8.17. The van der Waals surface area contributed by atoms with Gasteiger partial charge in [-0.15, -0.1) is 5.10 Å². The van der Waals surface area contributed by atoms with Crippen molar-refractivity contribution < 1.29 is 14.9 Å². The number of aromatic nitrogens is 5. The first kappa shape index (κ1) is 21.9. The number of nitrogens with one attached hydrogen (secondary N) is 1. The van der Waals surface area contributed by atoms with Gasteiger partial charge in [-0.25, -0.2) is 9.67 Å². The van der Waals surface area contributed by atoms with Crippen LogP contribution in [0.5, 0.6) is 5.88 Å². The van der Waals surface area contributed by atoms with Gasteiger partial charge in [-0.3, -0.25) is 0 Å². The molecule has 160 valence electrons. The number of rotatable bonds is 7. The van der Waals surface area contributed by atoms with Crippen LogP contribution in [-0.4, -0.2) is 53.5 Å². The first-order valence-corrected chi connectivity index (χ1v) is 9.67. The van der Waals surface area contributed by atoms with Gasteiger partial charge in [-0.1, -0.05) is 16.8 Å². The van der Waals surface area contributed by atoms with Gasteiger partial charge >= 0.3 is 0 Å². The average Bonchev–Trinajstić information content (AvgIpc) is 3.10. The summed E-state index contributed by atoms with van der Waals surface area (Å²) in [6, 6.07) is 5.80. The second-order valence-corrected chi connectivity index (χ2v) is 8.30. The molecule has 2 aromatic heterocycles. The quantitative estimate of drug-likeness (QED) is 0.521. The molecule has 1 aromatic carbocycles. The normalized spacial score (nSPS) is 13.7. The van der Waals surface area contributed by atoms with E-state index in [4.69, 9.17) is 16.3 Å². The maximum absolute atomic E-state index is 10.5. The monoisotopic (exact) mass is 432 g/mol. The third kappa shape index (κ3) is 4.86. The van der Waals surface area contributed by atoms with Crippen molar-refractivity contribution in [3.05, 3.63) is 41.2 Å². The van der Waals surface area contributed by atoms with Gasteiger partial charge in [0, 0.05) is 11.3 Å². The van der Waals surface area contributed by atoms with E-state index in [0.29, 0.717) is 16.7 Å². The zero-order valence-electron chi connectivity index (χ0n) is 17.5. The Morgan fingerprint density at radius 1 is 1.20 bits per heavy atom. The van der Waals surface area contributed by atoms with Crippen LogP contribution in [-0.2, 0) is 6.54 Å². The number of methoxy groups -OCH3 is 1. The first-order valence-electron chi connectivity index (χ1n) is 9.29. The summed E-state index contributed by atoms with van der Waals surface area (Å²) < 4.78 is 6.63. The van der Waals surface area contributed by atoms with Crippen molar-refractivity contribution in [1.29, 1.82) is 0 Å². The maximum Gasteiger partial charge on any atom is 0.237 e. The van der Waals surface area contributed by atoms with Gasteiger partial charge in [0.15, 0.2) is 0 Å². The van der Waals surface area contributed by atoms with Crippen LogP contribution in [0.3, 0.4) is 0 Å². The molecule has 2 heterocycles. The molecule has 1 atom stereocenters. The average molecular weight is 433 g/mol. The molecule has 0 saturated heterocycles. The van der Waals surface area contributed by atoms with Gasteiger partial charge in [0.25, 0.3) is 0 Å². The summed E-state index contributed by atoms with van der Waals surface area (Å²) in [5.74, 6) is 0.626. The largest absolute Gasteiger partial charge is 0.480 e. The molecule has 0 bridgehead atoms. The lowest BCUT2D eigenvalue weighted by molar-refractivity contribution is -0.129. The van der Waals surface area contributed by atoms with E-state index < -0.39 is 11.2 Å². The van der Waals surface area contributed by atoms with Crippen LogP contribution in [0.25, 0.3) is 11.3 Å². The molecule has 0 radical (unpaired) electrons. The summed E-state index contributed by atoms with van der Waals surface area (Å²) in [7, 11) is 1.49. The minimum absolute atomic E-state index is 0.0961. The number of nitrogens with zero attached hydrogens (tertiary/aromatic N) is 5. The zero-order chi connectivity index (χ0) is 22.1. The summed E-state index contributed by atoms with van der Waals surface area (Å²) in [4.78, 5) is 8.39. The molecular formula is C20H25ClN6O3. The number of hydrogen-bond donors (Lipinski definition) is 3. The van der Waals surface area contributed by atoms with Crippen LogP contribution in [0, 0.1) is 6.92 Å². The van der Waals surface area contributed by atoms with Crippen LogP contribution < -0.4 is 10.1 Å². The minimum atomic E-state index is -1.37. The SMILES string of the molecule is COc1nc(Nc2cc(C)cc(-c3cn(C[C@@](C)(O)C(C)(C)O)nn3)c2)ncc1Cl. The van der Waals surface area contributed by atoms with Crippen LogP contribution in [0.15, 0.2) is 30.6 Å². The van der Waals surface area contributed by atoms with Gasteiger partial charge in [-0.05, 0) is 51.5 Å². The predicted octanol–water partition coefficient (Wildman–Crippen LogP) is 2.97. The molecule has 0 aliphatic carbocycles. The lowest BCUT2D eigenvalue weighted by Crippen LogP contribution is -2.50. The number of benzene rings is 1. The lowest BCUT2D eigenvalue weighted by atomic mass is 9.88. The van der Waals surface area contributed by atoms with Crippen molar-refractivity contribution in [2.75, 3.05) is 12.4 Å². The number of halogens is 1. The van der Waals surface area contributed by atoms with Gasteiger partial charge in [0.2, 0.25) is 11.8 Å². The van der Waals surface area contributed by atoms with E-state index in [0.717, 1.165) is 16.8 Å². The fourth-order valence-electron chi connectivity index (χ4n) is 2.70. The molecule has 30 heavy (non-hydrogen) atoms. The first-order chi connectivity index (χ1) is 14.0. The Labute approximate surface area is 179 Å². The molecule has 0 spiro atoms. The minimum Gasteiger partial charge on any atom is -0.480 e.